The molecule has 2 unspecified atom stereocenters. The second-order valence-corrected chi connectivity index (χ2v) is 10.8. The van der Waals surface area contributed by atoms with E-state index in [1.807, 2.05) is 70.8 Å². The van der Waals surface area contributed by atoms with Crippen LogP contribution in [0.1, 0.15) is 22.9 Å². The maximum atomic E-state index is 13.5. The lowest BCUT2D eigenvalue weighted by atomic mass is 9.97. The van der Waals surface area contributed by atoms with Crippen molar-refractivity contribution in [3.63, 3.8) is 0 Å². The Kier molecular flexibility index (Phi) is 9.07. The lowest BCUT2D eigenvalue weighted by Crippen LogP contribution is -2.40. The standard InChI is InChI=1S/C28H27N3O6S2/c1-37-28(33)23(16-19-9-4-2-5-10-19)26(32)29-24(17-20-11-8-14-22(15-20)31-39(34,35)36)25-18-38-27(30-25)21-12-6-3-7-13-21/h2-15,18,23-24,31H,16-17H2,1H3,(H,29,32)(H,34,35,36). The molecule has 1 heterocycles. The molecule has 202 valence electrons. The number of nitrogens with one attached hydrogen (secondary N) is 2. The monoisotopic (exact) mass is 565 g/mol. The van der Waals surface area contributed by atoms with Crippen molar-refractivity contribution in [1.29, 1.82) is 0 Å². The average molecular weight is 566 g/mol. The molecule has 11 heteroatoms. The molecule has 0 aliphatic rings. The Labute approximate surface area is 230 Å². The van der Waals surface area contributed by atoms with Crippen LogP contribution in [0.3, 0.4) is 0 Å². The zero-order valence-corrected chi connectivity index (χ0v) is 22.6. The number of nitrogens with zero attached hydrogens (tertiary/aromatic N) is 1. The molecule has 0 aliphatic carbocycles. The molecule has 0 fully saturated rings. The highest BCUT2D eigenvalue weighted by Crippen LogP contribution is 2.29. The zero-order chi connectivity index (χ0) is 27.8. The van der Waals surface area contributed by atoms with Crippen molar-refractivity contribution < 1.29 is 27.3 Å². The average Bonchev–Trinajstić information content (AvgIpc) is 3.42. The normalized spacial score (nSPS) is 12.8. The first kappa shape index (κ1) is 28.0. The van der Waals surface area contributed by atoms with E-state index in [4.69, 9.17) is 14.3 Å². The minimum absolute atomic E-state index is 0.159. The van der Waals surface area contributed by atoms with Crippen LogP contribution in [0.2, 0.25) is 0 Å². The number of ether oxygens (including phenoxy) is 1. The number of rotatable bonds is 11. The third kappa shape index (κ3) is 7.96. The lowest BCUT2D eigenvalue weighted by molar-refractivity contribution is -0.150. The molecule has 0 aliphatic heterocycles. The fraction of sp³-hybridized carbons (Fsp3) is 0.179. The minimum atomic E-state index is -4.46. The van der Waals surface area contributed by atoms with Crippen LogP contribution in [-0.4, -0.2) is 36.9 Å². The van der Waals surface area contributed by atoms with Gasteiger partial charge in [0.15, 0.2) is 0 Å². The molecule has 0 bridgehead atoms. The number of amides is 1. The number of esters is 1. The van der Waals surface area contributed by atoms with Gasteiger partial charge in [0.05, 0.1) is 24.5 Å². The summed E-state index contributed by atoms with van der Waals surface area (Å²) in [6.07, 6.45) is 0.399. The largest absolute Gasteiger partial charge is 0.468 e. The SMILES string of the molecule is COC(=O)C(Cc1ccccc1)C(=O)NC(Cc1cccc(NS(=O)(=O)O)c1)c1csc(-c2ccccc2)n1. The number of carbonyl (C=O) groups excluding carboxylic acids is 2. The summed E-state index contributed by atoms with van der Waals surface area (Å²) < 4.78 is 38.7. The predicted molar refractivity (Wildman–Crippen MR) is 149 cm³/mol. The number of hydrogen-bond donors (Lipinski definition) is 3. The van der Waals surface area contributed by atoms with Gasteiger partial charge in [-0.1, -0.05) is 72.8 Å². The molecule has 3 aromatic carbocycles. The van der Waals surface area contributed by atoms with Crippen LogP contribution in [0.25, 0.3) is 10.6 Å². The van der Waals surface area contributed by atoms with Crippen LogP contribution in [0, 0.1) is 5.92 Å². The summed E-state index contributed by atoms with van der Waals surface area (Å²) in [5.74, 6) is -2.26. The van der Waals surface area contributed by atoms with Gasteiger partial charge >= 0.3 is 16.3 Å². The first-order valence-electron chi connectivity index (χ1n) is 12.0. The van der Waals surface area contributed by atoms with E-state index in [9.17, 15) is 18.0 Å². The molecule has 4 aromatic rings. The summed E-state index contributed by atoms with van der Waals surface area (Å²) in [4.78, 5) is 30.9. The van der Waals surface area contributed by atoms with Gasteiger partial charge in [0.1, 0.15) is 10.9 Å². The third-order valence-electron chi connectivity index (χ3n) is 5.91. The van der Waals surface area contributed by atoms with Gasteiger partial charge in [0.2, 0.25) is 5.91 Å². The van der Waals surface area contributed by atoms with E-state index in [1.165, 1.54) is 24.5 Å². The topological polar surface area (TPSA) is 135 Å². The summed E-state index contributed by atoms with van der Waals surface area (Å²) in [7, 11) is -3.21. The number of hydrogen-bond acceptors (Lipinski definition) is 7. The molecule has 1 aromatic heterocycles. The Balaban J connectivity index is 1.64. The van der Waals surface area contributed by atoms with Gasteiger partial charge in [0.25, 0.3) is 0 Å². The second kappa shape index (κ2) is 12.7. The molecule has 1 amide bonds. The molecule has 4 rings (SSSR count). The third-order valence-corrected chi connectivity index (χ3v) is 7.32. The molecular formula is C28H27N3O6S2. The quantitative estimate of drug-likeness (QED) is 0.139. The van der Waals surface area contributed by atoms with Crippen molar-refractivity contribution in [3.05, 3.63) is 107 Å². The van der Waals surface area contributed by atoms with Crippen molar-refractivity contribution in [2.75, 3.05) is 11.8 Å². The van der Waals surface area contributed by atoms with E-state index >= 15 is 0 Å². The number of methoxy groups -OCH3 is 1. The van der Waals surface area contributed by atoms with Crippen molar-refractivity contribution >= 4 is 39.2 Å². The molecule has 39 heavy (non-hydrogen) atoms. The molecule has 0 saturated heterocycles. The number of carbonyl (C=O) groups is 2. The Morgan fingerprint density at radius 3 is 2.28 bits per heavy atom. The van der Waals surface area contributed by atoms with E-state index in [-0.39, 0.29) is 18.5 Å². The predicted octanol–water partition coefficient (Wildman–Crippen LogP) is 4.46. The van der Waals surface area contributed by atoms with E-state index in [0.29, 0.717) is 11.3 Å². The molecule has 3 N–H and O–H groups in total. The van der Waals surface area contributed by atoms with Crippen LogP contribution in [-0.2, 0) is 37.5 Å². The second-order valence-electron chi connectivity index (χ2n) is 8.75. The highest BCUT2D eigenvalue weighted by molar-refractivity contribution is 7.87. The van der Waals surface area contributed by atoms with Gasteiger partial charge in [-0.05, 0) is 36.1 Å². The number of aromatic nitrogens is 1. The molecule has 0 saturated carbocycles. The molecule has 0 radical (unpaired) electrons. The van der Waals surface area contributed by atoms with Gasteiger partial charge in [-0.3, -0.25) is 18.9 Å². The summed E-state index contributed by atoms with van der Waals surface area (Å²) in [5.41, 5.74) is 3.16. The van der Waals surface area contributed by atoms with Crippen molar-refractivity contribution in [3.8, 4) is 10.6 Å². The summed E-state index contributed by atoms with van der Waals surface area (Å²) in [6, 6.07) is 24.6. The molecule has 2 atom stereocenters. The first-order valence-corrected chi connectivity index (χ1v) is 14.3. The van der Waals surface area contributed by atoms with E-state index in [1.54, 1.807) is 18.2 Å². The lowest BCUT2D eigenvalue weighted by Gasteiger charge is -2.21. The highest BCUT2D eigenvalue weighted by atomic mass is 32.2. The molecule has 9 nitrogen and oxygen atoms in total. The van der Waals surface area contributed by atoms with Crippen LogP contribution in [0.5, 0.6) is 0 Å². The van der Waals surface area contributed by atoms with E-state index in [0.717, 1.165) is 16.1 Å². The van der Waals surface area contributed by atoms with Gasteiger partial charge in [0, 0.05) is 10.9 Å². The van der Waals surface area contributed by atoms with Crippen LogP contribution >= 0.6 is 11.3 Å². The first-order chi connectivity index (χ1) is 18.7. The van der Waals surface area contributed by atoms with Gasteiger partial charge in [-0.2, -0.15) is 8.42 Å². The summed E-state index contributed by atoms with van der Waals surface area (Å²) in [6.45, 7) is 0. The van der Waals surface area contributed by atoms with Crippen molar-refractivity contribution in [2.24, 2.45) is 5.92 Å². The smallest absolute Gasteiger partial charge is 0.357 e. The highest BCUT2D eigenvalue weighted by Gasteiger charge is 2.31. The maximum Gasteiger partial charge on any atom is 0.357 e. The van der Waals surface area contributed by atoms with Crippen LogP contribution in [0.4, 0.5) is 5.69 Å². The Hall–Kier alpha value is -4.06. The summed E-state index contributed by atoms with van der Waals surface area (Å²) >= 11 is 1.42. The molecule has 0 spiro atoms. The van der Waals surface area contributed by atoms with Gasteiger partial charge in [-0.25, -0.2) is 4.98 Å². The van der Waals surface area contributed by atoms with Crippen LogP contribution in [0.15, 0.2) is 90.3 Å². The van der Waals surface area contributed by atoms with Crippen molar-refractivity contribution in [2.45, 2.75) is 18.9 Å². The van der Waals surface area contributed by atoms with Crippen molar-refractivity contribution in [1.82, 2.24) is 10.3 Å². The summed E-state index contributed by atoms with van der Waals surface area (Å²) in [5, 5.41) is 5.58. The Morgan fingerprint density at radius 1 is 0.949 bits per heavy atom. The number of thiazole rings is 1. The zero-order valence-electron chi connectivity index (χ0n) is 21.0. The Bertz CT molecular complexity index is 1530. The Morgan fingerprint density at radius 2 is 1.62 bits per heavy atom. The fourth-order valence-corrected chi connectivity index (χ4v) is 5.39. The minimum Gasteiger partial charge on any atom is -0.468 e. The van der Waals surface area contributed by atoms with E-state index in [2.05, 4.69) is 5.32 Å². The van der Waals surface area contributed by atoms with Crippen LogP contribution < -0.4 is 10.0 Å². The fourth-order valence-electron chi connectivity index (χ4n) is 4.08. The number of anilines is 1. The van der Waals surface area contributed by atoms with E-state index < -0.39 is 34.1 Å². The number of benzene rings is 3. The van der Waals surface area contributed by atoms with Gasteiger partial charge in [-0.15, -0.1) is 11.3 Å². The maximum absolute atomic E-state index is 13.5. The molecular weight excluding hydrogens is 538 g/mol. The van der Waals surface area contributed by atoms with Gasteiger partial charge < -0.3 is 10.1 Å².